The van der Waals surface area contributed by atoms with E-state index in [-0.39, 0.29) is 6.23 Å². The second-order valence-electron chi connectivity index (χ2n) is 6.85. The average molecular weight is 285 g/mol. The first-order valence-corrected chi connectivity index (χ1v) is 8.23. The van der Waals surface area contributed by atoms with Gasteiger partial charge in [-0.1, -0.05) is 55.8 Å². The molecule has 0 N–H and O–H groups in total. The standard InChI is InChI=1S/C19H27NO/c1-14-11-15(2)18(16(3)12-14)13-20-9-10-21-19(20)17-7-5-4-6-8-17/h4-8,11,15-16,18-19H,9-10,12-13H2,1-3H3/t15-,16-,18-,19+/m0/s1. The molecule has 0 unspecified atom stereocenters. The number of benzene rings is 1. The van der Waals surface area contributed by atoms with Crippen LogP contribution < -0.4 is 0 Å². The Morgan fingerprint density at radius 2 is 1.95 bits per heavy atom. The van der Waals surface area contributed by atoms with Gasteiger partial charge >= 0.3 is 0 Å². The third kappa shape index (κ3) is 3.22. The molecular formula is C19H27NO. The molecule has 1 aliphatic carbocycles. The highest BCUT2D eigenvalue weighted by atomic mass is 16.5. The fourth-order valence-corrected chi connectivity index (χ4v) is 4.05. The maximum atomic E-state index is 6.00. The number of rotatable bonds is 3. The predicted octanol–water partition coefficient (Wildman–Crippen LogP) is 4.26. The van der Waals surface area contributed by atoms with Gasteiger partial charge in [0.05, 0.1) is 6.61 Å². The minimum Gasteiger partial charge on any atom is -0.358 e. The third-order valence-corrected chi connectivity index (χ3v) is 5.11. The van der Waals surface area contributed by atoms with Crippen molar-refractivity contribution >= 4 is 0 Å². The smallest absolute Gasteiger partial charge is 0.136 e. The van der Waals surface area contributed by atoms with E-state index in [1.165, 1.54) is 12.0 Å². The number of hydrogen-bond acceptors (Lipinski definition) is 2. The van der Waals surface area contributed by atoms with Crippen molar-refractivity contribution in [1.29, 1.82) is 0 Å². The second kappa shape index (κ2) is 6.33. The van der Waals surface area contributed by atoms with Crippen LogP contribution >= 0.6 is 0 Å². The lowest BCUT2D eigenvalue weighted by molar-refractivity contribution is 0.0163. The number of hydrogen-bond donors (Lipinski definition) is 0. The summed E-state index contributed by atoms with van der Waals surface area (Å²) in [7, 11) is 0. The summed E-state index contributed by atoms with van der Waals surface area (Å²) in [6, 6.07) is 10.6. The molecule has 2 heteroatoms. The van der Waals surface area contributed by atoms with Crippen LogP contribution in [-0.2, 0) is 4.74 Å². The SMILES string of the molecule is CC1=C[C@H](C)[C@H](CN2CCO[C@@H]2c2ccccc2)[C@@H](C)C1. The second-order valence-corrected chi connectivity index (χ2v) is 6.85. The van der Waals surface area contributed by atoms with Gasteiger partial charge in [0.15, 0.2) is 0 Å². The Labute approximate surface area is 128 Å². The maximum absolute atomic E-state index is 6.00. The van der Waals surface area contributed by atoms with Crippen molar-refractivity contribution in [3.8, 4) is 0 Å². The molecule has 0 aromatic heterocycles. The van der Waals surface area contributed by atoms with Gasteiger partial charge in [0.1, 0.15) is 6.23 Å². The molecule has 1 saturated heterocycles. The normalized spacial score (nSPS) is 34.0. The van der Waals surface area contributed by atoms with Crippen molar-refractivity contribution in [2.75, 3.05) is 19.7 Å². The van der Waals surface area contributed by atoms with Crippen LogP contribution in [0.2, 0.25) is 0 Å². The van der Waals surface area contributed by atoms with Crippen LogP contribution in [-0.4, -0.2) is 24.6 Å². The molecule has 0 saturated carbocycles. The molecule has 0 bridgehead atoms. The predicted molar refractivity (Wildman–Crippen MR) is 86.9 cm³/mol. The maximum Gasteiger partial charge on any atom is 0.136 e. The molecule has 1 aromatic carbocycles. The zero-order valence-corrected chi connectivity index (χ0v) is 13.5. The van der Waals surface area contributed by atoms with Crippen molar-refractivity contribution in [1.82, 2.24) is 4.90 Å². The lowest BCUT2D eigenvalue weighted by Gasteiger charge is -2.37. The summed E-state index contributed by atoms with van der Waals surface area (Å²) in [4.78, 5) is 2.53. The zero-order valence-electron chi connectivity index (χ0n) is 13.5. The van der Waals surface area contributed by atoms with Gasteiger partial charge in [0, 0.05) is 13.1 Å². The van der Waals surface area contributed by atoms with Crippen molar-refractivity contribution in [3.63, 3.8) is 0 Å². The summed E-state index contributed by atoms with van der Waals surface area (Å²) in [6.07, 6.45) is 3.87. The monoisotopic (exact) mass is 285 g/mol. The van der Waals surface area contributed by atoms with Crippen molar-refractivity contribution in [2.45, 2.75) is 33.4 Å². The van der Waals surface area contributed by atoms with Gasteiger partial charge in [-0.2, -0.15) is 0 Å². The quantitative estimate of drug-likeness (QED) is 0.770. The van der Waals surface area contributed by atoms with Gasteiger partial charge in [-0.15, -0.1) is 0 Å². The van der Waals surface area contributed by atoms with E-state index in [1.807, 2.05) is 0 Å². The van der Waals surface area contributed by atoms with Gasteiger partial charge in [0.2, 0.25) is 0 Å². The average Bonchev–Trinajstić information content (AvgIpc) is 2.92. The molecule has 1 aromatic rings. The van der Waals surface area contributed by atoms with Gasteiger partial charge < -0.3 is 4.74 Å². The summed E-state index contributed by atoms with van der Waals surface area (Å²) in [5.41, 5.74) is 2.85. The van der Waals surface area contributed by atoms with Crippen LogP contribution in [0, 0.1) is 17.8 Å². The summed E-state index contributed by atoms with van der Waals surface area (Å²) in [5, 5.41) is 0. The Bertz CT molecular complexity index is 496. The van der Waals surface area contributed by atoms with Gasteiger partial charge in [-0.05, 0) is 36.7 Å². The van der Waals surface area contributed by atoms with E-state index < -0.39 is 0 Å². The lowest BCUT2D eigenvalue weighted by atomic mass is 9.74. The number of ether oxygens (including phenoxy) is 1. The van der Waals surface area contributed by atoms with Crippen molar-refractivity contribution in [3.05, 3.63) is 47.5 Å². The molecule has 2 aliphatic rings. The van der Waals surface area contributed by atoms with E-state index in [1.54, 1.807) is 5.57 Å². The highest BCUT2D eigenvalue weighted by Crippen LogP contribution is 2.36. The largest absolute Gasteiger partial charge is 0.358 e. The van der Waals surface area contributed by atoms with Gasteiger partial charge in [0.25, 0.3) is 0 Å². The van der Waals surface area contributed by atoms with Crippen LogP contribution in [0.5, 0.6) is 0 Å². The molecular weight excluding hydrogens is 258 g/mol. The van der Waals surface area contributed by atoms with Crippen LogP contribution in [0.15, 0.2) is 42.0 Å². The first-order chi connectivity index (χ1) is 10.1. The number of nitrogens with zero attached hydrogens (tertiary/aromatic N) is 1. The number of allylic oxidation sites excluding steroid dienone is 2. The summed E-state index contributed by atoms with van der Waals surface area (Å²) in [5.74, 6) is 2.18. The summed E-state index contributed by atoms with van der Waals surface area (Å²) >= 11 is 0. The fourth-order valence-electron chi connectivity index (χ4n) is 4.05. The molecule has 2 nitrogen and oxygen atoms in total. The van der Waals surface area contributed by atoms with E-state index in [2.05, 4.69) is 62.1 Å². The summed E-state index contributed by atoms with van der Waals surface area (Å²) in [6.45, 7) is 10.1. The Kier molecular flexibility index (Phi) is 4.46. The molecule has 1 aliphatic heterocycles. The Hall–Kier alpha value is -1.12. The third-order valence-electron chi connectivity index (χ3n) is 5.11. The molecule has 21 heavy (non-hydrogen) atoms. The van der Waals surface area contributed by atoms with E-state index in [4.69, 9.17) is 4.74 Å². The molecule has 4 atom stereocenters. The zero-order chi connectivity index (χ0) is 14.8. The topological polar surface area (TPSA) is 12.5 Å². The fraction of sp³-hybridized carbons (Fsp3) is 0.579. The van der Waals surface area contributed by atoms with Gasteiger partial charge in [-0.25, -0.2) is 0 Å². The highest BCUT2D eigenvalue weighted by molar-refractivity contribution is 5.18. The lowest BCUT2D eigenvalue weighted by Crippen LogP contribution is -2.36. The molecule has 114 valence electrons. The van der Waals surface area contributed by atoms with Crippen molar-refractivity contribution < 1.29 is 4.74 Å². The Morgan fingerprint density at radius 3 is 2.67 bits per heavy atom. The van der Waals surface area contributed by atoms with Gasteiger partial charge in [-0.3, -0.25) is 4.90 Å². The van der Waals surface area contributed by atoms with Crippen molar-refractivity contribution in [2.24, 2.45) is 17.8 Å². The molecule has 0 spiro atoms. The molecule has 0 radical (unpaired) electrons. The van der Waals surface area contributed by atoms with E-state index in [0.717, 1.165) is 31.5 Å². The molecule has 0 amide bonds. The van der Waals surface area contributed by atoms with Crippen LogP contribution in [0.1, 0.15) is 39.0 Å². The minimum atomic E-state index is 0.151. The van der Waals surface area contributed by atoms with E-state index in [0.29, 0.717) is 5.92 Å². The highest BCUT2D eigenvalue weighted by Gasteiger charge is 2.33. The minimum absolute atomic E-state index is 0.151. The molecule has 1 heterocycles. The first-order valence-electron chi connectivity index (χ1n) is 8.23. The summed E-state index contributed by atoms with van der Waals surface area (Å²) < 4.78 is 6.00. The Balaban J connectivity index is 1.72. The van der Waals surface area contributed by atoms with E-state index >= 15 is 0 Å². The first kappa shape index (κ1) is 14.8. The van der Waals surface area contributed by atoms with E-state index in [9.17, 15) is 0 Å². The Morgan fingerprint density at radius 1 is 1.19 bits per heavy atom. The van der Waals surface area contributed by atoms with Crippen LogP contribution in [0.25, 0.3) is 0 Å². The van der Waals surface area contributed by atoms with Crippen LogP contribution in [0.3, 0.4) is 0 Å². The van der Waals surface area contributed by atoms with Crippen LogP contribution in [0.4, 0.5) is 0 Å². The molecule has 3 rings (SSSR count). The molecule has 1 fully saturated rings.